The second kappa shape index (κ2) is 6.53. The van der Waals surface area contributed by atoms with Crippen LogP contribution in [0.5, 0.6) is 0 Å². The molecule has 94 valence electrons. The van der Waals surface area contributed by atoms with E-state index in [1.165, 1.54) is 18.9 Å². The van der Waals surface area contributed by atoms with Crippen molar-refractivity contribution in [3.05, 3.63) is 17.5 Å². The largest absolute Gasteiger partial charge is 0.383 e. The Morgan fingerprint density at radius 1 is 1.53 bits per heavy atom. The molecule has 1 atom stereocenters. The standard InChI is InChI=1S/C10H16N4O2S/c1-6-4-7(2)13-10(12-6)17-8(5-16-3)9(15)14-11/h4,8H,5,11H2,1-3H3,(H,14,15). The zero-order valence-corrected chi connectivity index (χ0v) is 10.9. The lowest BCUT2D eigenvalue weighted by Crippen LogP contribution is -2.39. The quantitative estimate of drug-likeness (QED) is 0.257. The number of nitrogens with zero attached hydrogens (tertiary/aromatic N) is 2. The van der Waals surface area contributed by atoms with Crippen molar-refractivity contribution in [1.29, 1.82) is 0 Å². The number of ether oxygens (including phenoxy) is 1. The third-order valence-electron chi connectivity index (χ3n) is 1.96. The van der Waals surface area contributed by atoms with Crippen molar-refractivity contribution in [2.45, 2.75) is 24.3 Å². The van der Waals surface area contributed by atoms with E-state index in [0.717, 1.165) is 11.4 Å². The van der Waals surface area contributed by atoms with E-state index < -0.39 is 5.25 Å². The number of hydrazine groups is 1. The number of methoxy groups -OCH3 is 1. The fourth-order valence-electron chi connectivity index (χ4n) is 1.28. The van der Waals surface area contributed by atoms with E-state index in [4.69, 9.17) is 10.6 Å². The van der Waals surface area contributed by atoms with Crippen LogP contribution in [0.15, 0.2) is 11.2 Å². The molecule has 3 N–H and O–H groups in total. The minimum atomic E-state index is -0.453. The van der Waals surface area contributed by atoms with Gasteiger partial charge in [0.2, 0.25) is 5.91 Å². The van der Waals surface area contributed by atoms with Crippen molar-refractivity contribution in [3.8, 4) is 0 Å². The third kappa shape index (κ3) is 4.29. The van der Waals surface area contributed by atoms with E-state index in [1.807, 2.05) is 19.9 Å². The number of aryl methyl sites for hydroxylation is 2. The molecule has 1 aromatic heterocycles. The lowest BCUT2D eigenvalue weighted by Gasteiger charge is -2.13. The number of nitrogens with two attached hydrogens (primary N) is 1. The van der Waals surface area contributed by atoms with E-state index in [-0.39, 0.29) is 12.5 Å². The average Bonchev–Trinajstić information content (AvgIpc) is 2.26. The third-order valence-corrected chi connectivity index (χ3v) is 2.99. The van der Waals surface area contributed by atoms with Crippen LogP contribution in [0.1, 0.15) is 11.4 Å². The van der Waals surface area contributed by atoms with Gasteiger partial charge in [-0.3, -0.25) is 10.2 Å². The Morgan fingerprint density at radius 3 is 2.59 bits per heavy atom. The highest BCUT2D eigenvalue weighted by atomic mass is 32.2. The summed E-state index contributed by atoms with van der Waals surface area (Å²) >= 11 is 1.24. The summed E-state index contributed by atoms with van der Waals surface area (Å²) in [7, 11) is 1.53. The fraction of sp³-hybridized carbons (Fsp3) is 0.500. The zero-order chi connectivity index (χ0) is 12.8. The number of carbonyl (C=O) groups excluding carboxylic acids is 1. The van der Waals surface area contributed by atoms with Gasteiger partial charge in [0.05, 0.1) is 6.61 Å². The summed E-state index contributed by atoms with van der Waals surface area (Å²) in [5, 5.41) is 0.0966. The number of carbonyl (C=O) groups is 1. The molecule has 0 spiro atoms. The molecule has 0 aliphatic heterocycles. The number of amides is 1. The van der Waals surface area contributed by atoms with Gasteiger partial charge in [0.1, 0.15) is 5.25 Å². The van der Waals surface area contributed by atoms with Gasteiger partial charge in [-0.2, -0.15) is 0 Å². The molecule has 0 bridgehead atoms. The first kappa shape index (κ1) is 13.9. The summed E-state index contributed by atoms with van der Waals surface area (Å²) in [4.78, 5) is 20.0. The lowest BCUT2D eigenvalue weighted by atomic mass is 10.4. The Kier molecular flexibility index (Phi) is 5.33. The number of rotatable bonds is 5. The predicted molar refractivity (Wildman–Crippen MR) is 65.4 cm³/mol. The summed E-state index contributed by atoms with van der Waals surface area (Å²) in [5.41, 5.74) is 3.83. The van der Waals surface area contributed by atoms with Crippen LogP contribution in [0.2, 0.25) is 0 Å². The number of hydrogen-bond acceptors (Lipinski definition) is 6. The molecule has 7 heteroatoms. The first-order valence-electron chi connectivity index (χ1n) is 5.05. The number of thioether (sulfide) groups is 1. The van der Waals surface area contributed by atoms with Crippen LogP contribution in [0, 0.1) is 13.8 Å². The van der Waals surface area contributed by atoms with Crippen LogP contribution in [0.4, 0.5) is 0 Å². The summed E-state index contributed by atoms with van der Waals surface area (Å²) in [6.45, 7) is 4.02. The molecule has 0 saturated heterocycles. The summed E-state index contributed by atoms with van der Waals surface area (Å²) < 4.78 is 4.97. The van der Waals surface area contributed by atoms with Crippen LogP contribution in [-0.2, 0) is 9.53 Å². The van der Waals surface area contributed by atoms with Gasteiger partial charge >= 0.3 is 0 Å². The molecular weight excluding hydrogens is 240 g/mol. The normalized spacial score (nSPS) is 12.2. The molecule has 6 nitrogen and oxygen atoms in total. The molecule has 0 aliphatic carbocycles. The monoisotopic (exact) mass is 256 g/mol. The number of hydrogen-bond donors (Lipinski definition) is 2. The topological polar surface area (TPSA) is 90.1 Å². The first-order chi connectivity index (χ1) is 8.06. The Hall–Kier alpha value is -1.18. The Bertz CT molecular complexity index is 380. The van der Waals surface area contributed by atoms with E-state index >= 15 is 0 Å². The molecule has 1 heterocycles. The number of nitrogens with one attached hydrogen (secondary N) is 1. The minimum absolute atomic E-state index is 0.254. The highest BCUT2D eigenvalue weighted by Crippen LogP contribution is 2.20. The molecule has 0 aliphatic rings. The summed E-state index contributed by atoms with van der Waals surface area (Å²) in [5.74, 6) is 4.80. The molecule has 1 aromatic rings. The second-order valence-electron chi connectivity index (χ2n) is 3.50. The SMILES string of the molecule is COCC(Sc1nc(C)cc(C)n1)C(=O)NN. The zero-order valence-electron chi connectivity index (χ0n) is 10.1. The number of aromatic nitrogens is 2. The summed E-state index contributed by atoms with van der Waals surface area (Å²) in [6, 6.07) is 1.87. The van der Waals surface area contributed by atoms with Crippen molar-refractivity contribution in [2.75, 3.05) is 13.7 Å². The smallest absolute Gasteiger partial charge is 0.249 e. The van der Waals surface area contributed by atoms with Gasteiger partial charge in [0.25, 0.3) is 0 Å². The van der Waals surface area contributed by atoms with E-state index in [1.54, 1.807) is 0 Å². The van der Waals surface area contributed by atoms with Gasteiger partial charge in [0, 0.05) is 18.5 Å². The molecule has 0 saturated carbocycles. The van der Waals surface area contributed by atoms with Crippen LogP contribution < -0.4 is 11.3 Å². The van der Waals surface area contributed by atoms with Gasteiger partial charge in [0.15, 0.2) is 5.16 Å². The maximum absolute atomic E-state index is 11.5. The van der Waals surface area contributed by atoms with Gasteiger partial charge in [-0.25, -0.2) is 15.8 Å². The fourth-order valence-corrected chi connectivity index (χ4v) is 2.31. The molecular formula is C10H16N4O2S. The van der Waals surface area contributed by atoms with Gasteiger partial charge in [-0.1, -0.05) is 11.8 Å². The maximum Gasteiger partial charge on any atom is 0.249 e. The van der Waals surface area contributed by atoms with Gasteiger partial charge in [-0.15, -0.1) is 0 Å². The van der Waals surface area contributed by atoms with Crippen molar-refractivity contribution >= 4 is 17.7 Å². The molecule has 0 aromatic carbocycles. The Morgan fingerprint density at radius 2 is 2.12 bits per heavy atom. The summed E-state index contributed by atoms with van der Waals surface area (Å²) in [6.07, 6.45) is 0. The van der Waals surface area contributed by atoms with E-state index in [2.05, 4.69) is 15.4 Å². The van der Waals surface area contributed by atoms with Crippen LogP contribution in [0.3, 0.4) is 0 Å². The highest BCUT2D eigenvalue weighted by molar-refractivity contribution is 8.00. The molecule has 1 unspecified atom stereocenters. The van der Waals surface area contributed by atoms with Gasteiger partial charge < -0.3 is 4.74 Å². The lowest BCUT2D eigenvalue weighted by molar-refractivity contribution is -0.121. The highest BCUT2D eigenvalue weighted by Gasteiger charge is 2.20. The molecule has 0 fully saturated rings. The predicted octanol–water partition coefficient (Wildman–Crippen LogP) is 0.190. The van der Waals surface area contributed by atoms with Gasteiger partial charge in [-0.05, 0) is 19.9 Å². The van der Waals surface area contributed by atoms with E-state index in [0.29, 0.717) is 5.16 Å². The second-order valence-corrected chi connectivity index (χ2v) is 4.67. The molecule has 17 heavy (non-hydrogen) atoms. The van der Waals surface area contributed by atoms with Crippen molar-refractivity contribution < 1.29 is 9.53 Å². The van der Waals surface area contributed by atoms with Crippen molar-refractivity contribution in [2.24, 2.45) is 5.84 Å². The van der Waals surface area contributed by atoms with Crippen molar-refractivity contribution in [1.82, 2.24) is 15.4 Å². The van der Waals surface area contributed by atoms with Crippen LogP contribution >= 0.6 is 11.8 Å². The van der Waals surface area contributed by atoms with Crippen molar-refractivity contribution in [3.63, 3.8) is 0 Å². The van der Waals surface area contributed by atoms with Crippen LogP contribution in [-0.4, -0.2) is 34.8 Å². The van der Waals surface area contributed by atoms with E-state index in [9.17, 15) is 4.79 Å². The first-order valence-corrected chi connectivity index (χ1v) is 5.93. The average molecular weight is 256 g/mol. The Balaban J connectivity index is 2.81. The molecule has 1 amide bonds. The Labute approximate surface area is 104 Å². The maximum atomic E-state index is 11.5. The molecule has 1 rings (SSSR count). The minimum Gasteiger partial charge on any atom is -0.383 e. The molecule has 0 radical (unpaired) electrons. The van der Waals surface area contributed by atoms with Crippen LogP contribution in [0.25, 0.3) is 0 Å².